The molecule has 0 unspecified atom stereocenters. The Bertz CT molecular complexity index is 1090. The number of rotatable bonds is 4. The van der Waals surface area contributed by atoms with E-state index >= 15 is 0 Å². The van der Waals surface area contributed by atoms with Gasteiger partial charge in [0.2, 0.25) is 0 Å². The van der Waals surface area contributed by atoms with E-state index in [0.717, 1.165) is 0 Å². The summed E-state index contributed by atoms with van der Waals surface area (Å²) in [4.78, 5) is 39.1. The number of hydrogen-bond acceptors (Lipinski definition) is 6. The van der Waals surface area contributed by atoms with Crippen LogP contribution < -0.4 is 10.7 Å². The molecule has 1 aromatic carbocycles. The number of furan rings is 1. The van der Waals surface area contributed by atoms with Gasteiger partial charge in [0.15, 0.2) is 0 Å². The van der Waals surface area contributed by atoms with Crippen LogP contribution in [0.3, 0.4) is 0 Å². The summed E-state index contributed by atoms with van der Waals surface area (Å²) < 4.78 is 5.65. The second-order valence-electron chi connectivity index (χ2n) is 5.68. The highest BCUT2D eigenvalue weighted by atomic mass is 16.3. The van der Waals surface area contributed by atoms with Crippen molar-refractivity contribution in [1.82, 2.24) is 15.7 Å². The van der Waals surface area contributed by atoms with Gasteiger partial charge in [0.1, 0.15) is 11.5 Å². The summed E-state index contributed by atoms with van der Waals surface area (Å²) in [5.74, 6) is -0.273. The van der Waals surface area contributed by atoms with E-state index in [1.165, 1.54) is 18.6 Å². The van der Waals surface area contributed by atoms with Gasteiger partial charge in [0.25, 0.3) is 17.7 Å². The number of carbonyl (C=O) groups is 3. The maximum atomic E-state index is 11.9. The maximum absolute atomic E-state index is 11.9. The third-order valence-electron chi connectivity index (χ3n) is 3.95. The van der Waals surface area contributed by atoms with Gasteiger partial charge in [-0.3, -0.25) is 24.7 Å². The SMILES string of the molecule is O=C(N/N=C\c1ccc(-c2ccc3c(c2)C(=O)NC3=O)o1)c1ccncc1. The van der Waals surface area contributed by atoms with Crippen LogP contribution in [-0.4, -0.2) is 28.9 Å². The minimum atomic E-state index is -0.427. The van der Waals surface area contributed by atoms with Gasteiger partial charge in [-0.15, -0.1) is 0 Å². The number of hydrazone groups is 1. The molecule has 0 saturated heterocycles. The summed E-state index contributed by atoms with van der Waals surface area (Å²) >= 11 is 0. The van der Waals surface area contributed by atoms with E-state index in [4.69, 9.17) is 4.42 Å². The maximum Gasteiger partial charge on any atom is 0.271 e. The molecule has 0 radical (unpaired) electrons. The highest BCUT2D eigenvalue weighted by Gasteiger charge is 2.27. The summed E-state index contributed by atoms with van der Waals surface area (Å²) in [5.41, 5.74) is 4.14. The molecule has 27 heavy (non-hydrogen) atoms. The van der Waals surface area contributed by atoms with Crippen molar-refractivity contribution >= 4 is 23.9 Å². The highest BCUT2D eigenvalue weighted by molar-refractivity contribution is 6.21. The molecule has 0 fully saturated rings. The van der Waals surface area contributed by atoms with Gasteiger partial charge >= 0.3 is 0 Å². The minimum absolute atomic E-state index is 0.314. The average molecular weight is 360 g/mol. The molecule has 2 N–H and O–H groups in total. The van der Waals surface area contributed by atoms with Crippen LogP contribution in [0.1, 0.15) is 36.8 Å². The van der Waals surface area contributed by atoms with E-state index in [-0.39, 0.29) is 5.91 Å². The van der Waals surface area contributed by atoms with Crippen LogP contribution in [0, 0.1) is 0 Å². The van der Waals surface area contributed by atoms with Gasteiger partial charge in [0.05, 0.1) is 17.3 Å². The van der Waals surface area contributed by atoms with Gasteiger partial charge in [-0.05, 0) is 36.4 Å². The van der Waals surface area contributed by atoms with Crippen molar-refractivity contribution in [3.05, 3.63) is 77.3 Å². The first-order valence-corrected chi connectivity index (χ1v) is 7.95. The Morgan fingerprint density at radius 3 is 2.63 bits per heavy atom. The van der Waals surface area contributed by atoms with E-state index in [9.17, 15) is 14.4 Å². The van der Waals surface area contributed by atoms with E-state index < -0.39 is 11.8 Å². The molecule has 3 amide bonds. The summed E-state index contributed by atoms with van der Waals surface area (Å²) in [6.45, 7) is 0. The van der Waals surface area contributed by atoms with E-state index in [1.54, 1.807) is 42.5 Å². The highest BCUT2D eigenvalue weighted by Crippen LogP contribution is 2.26. The molecule has 132 valence electrons. The fourth-order valence-corrected chi connectivity index (χ4v) is 2.62. The molecule has 1 aliphatic rings. The van der Waals surface area contributed by atoms with E-state index in [2.05, 4.69) is 20.8 Å². The number of nitrogens with one attached hydrogen (secondary N) is 2. The Hall–Kier alpha value is -4.07. The second-order valence-corrected chi connectivity index (χ2v) is 5.68. The molecule has 0 atom stereocenters. The summed E-state index contributed by atoms with van der Waals surface area (Å²) in [7, 11) is 0. The third kappa shape index (κ3) is 3.23. The summed E-state index contributed by atoms with van der Waals surface area (Å²) in [5, 5.41) is 6.10. The Labute approximate surface area is 152 Å². The topological polar surface area (TPSA) is 114 Å². The smallest absolute Gasteiger partial charge is 0.271 e. The molecule has 0 saturated carbocycles. The zero-order valence-electron chi connectivity index (χ0n) is 13.8. The van der Waals surface area contributed by atoms with Crippen LogP contribution in [-0.2, 0) is 0 Å². The first-order chi connectivity index (χ1) is 13.1. The number of aromatic nitrogens is 1. The molecule has 0 aliphatic carbocycles. The first kappa shape index (κ1) is 16.4. The molecule has 8 nitrogen and oxygen atoms in total. The van der Waals surface area contributed by atoms with Gasteiger partial charge in [-0.1, -0.05) is 6.07 Å². The predicted octanol–water partition coefficient (Wildman–Crippen LogP) is 1.99. The number of imide groups is 1. The molecule has 0 spiro atoms. The zero-order chi connectivity index (χ0) is 18.8. The molecule has 3 aromatic rings. The largest absolute Gasteiger partial charge is 0.455 e. The molecule has 1 aliphatic heterocycles. The van der Waals surface area contributed by atoms with Crippen molar-refractivity contribution in [2.24, 2.45) is 5.10 Å². The Morgan fingerprint density at radius 2 is 1.81 bits per heavy atom. The third-order valence-corrected chi connectivity index (χ3v) is 3.95. The van der Waals surface area contributed by atoms with Crippen LogP contribution in [0.5, 0.6) is 0 Å². The normalized spacial score (nSPS) is 12.9. The van der Waals surface area contributed by atoms with Crippen molar-refractivity contribution in [3.8, 4) is 11.3 Å². The quantitative estimate of drug-likeness (QED) is 0.420. The van der Waals surface area contributed by atoms with E-state index in [1.807, 2.05) is 0 Å². The van der Waals surface area contributed by atoms with Gasteiger partial charge in [-0.2, -0.15) is 5.10 Å². The van der Waals surface area contributed by atoms with Crippen molar-refractivity contribution in [1.29, 1.82) is 0 Å². The lowest BCUT2D eigenvalue weighted by atomic mass is 10.0. The fraction of sp³-hybridized carbons (Fsp3) is 0. The molecular formula is C19H12N4O4. The number of nitrogens with zero attached hydrogens (tertiary/aromatic N) is 2. The number of carbonyl (C=O) groups excluding carboxylic acids is 3. The lowest BCUT2D eigenvalue weighted by Gasteiger charge is -1.99. The van der Waals surface area contributed by atoms with Crippen molar-refractivity contribution in [2.45, 2.75) is 0 Å². The second kappa shape index (κ2) is 6.68. The number of benzene rings is 1. The molecule has 2 aromatic heterocycles. The van der Waals surface area contributed by atoms with Gasteiger partial charge in [0, 0.05) is 23.5 Å². The van der Waals surface area contributed by atoms with Crippen LogP contribution in [0.4, 0.5) is 0 Å². The Kier molecular flexibility index (Phi) is 4.06. The van der Waals surface area contributed by atoms with Crippen LogP contribution in [0.25, 0.3) is 11.3 Å². The summed E-state index contributed by atoms with van der Waals surface area (Å²) in [6.07, 6.45) is 4.40. The lowest BCUT2D eigenvalue weighted by Crippen LogP contribution is -2.19. The van der Waals surface area contributed by atoms with Crippen LogP contribution in [0.15, 0.2) is 64.4 Å². The van der Waals surface area contributed by atoms with Crippen molar-refractivity contribution in [3.63, 3.8) is 0 Å². The molecule has 8 heteroatoms. The Balaban J connectivity index is 1.48. The number of pyridine rings is 1. The monoisotopic (exact) mass is 360 g/mol. The Morgan fingerprint density at radius 1 is 1.04 bits per heavy atom. The van der Waals surface area contributed by atoms with Crippen LogP contribution in [0.2, 0.25) is 0 Å². The van der Waals surface area contributed by atoms with Gasteiger partial charge in [-0.25, -0.2) is 5.43 Å². The van der Waals surface area contributed by atoms with Crippen molar-refractivity contribution < 1.29 is 18.8 Å². The van der Waals surface area contributed by atoms with Crippen LogP contribution >= 0.6 is 0 Å². The number of amides is 3. The molecule has 4 rings (SSSR count). The minimum Gasteiger partial charge on any atom is -0.455 e. The molecule has 0 bridgehead atoms. The van der Waals surface area contributed by atoms with Gasteiger partial charge < -0.3 is 4.42 Å². The number of hydrogen-bond donors (Lipinski definition) is 2. The van der Waals surface area contributed by atoms with Crippen molar-refractivity contribution in [2.75, 3.05) is 0 Å². The first-order valence-electron chi connectivity index (χ1n) is 7.95. The zero-order valence-corrected chi connectivity index (χ0v) is 13.8. The molecular weight excluding hydrogens is 348 g/mol. The fourth-order valence-electron chi connectivity index (χ4n) is 2.62. The number of fused-ring (bicyclic) bond motifs is 1. The standard InChI is InChI=1S/C19H12N4O4/c24-17(11-5-7-20-8-6-11)23-21-10-13-2-4-16(27-13)12-1-3-14-15(9-12)19(26)22-18(14)25/h1-10H,(H,23,24)(H,22,25,26)/b21-10-. The molecule has 3 heterocycles. The summed E-state index contributed by atoms with van der Waals surface area (Å²) in [6, 6.07) is 11.4. The lowest BCUT2D eigenvalue weighted by molar-refractivity contribution is 0.0878. The van der Waals surface area contributed by atoms with E-state index in [0.29, 0.717) is 33.8 Å². The predicted molar refractivity (Wildman–Crippen MR) is 95.2 cm³/mol. The average Bonchev–Trinajstić information content (AvgIpc) is 3.27.